The summed E-state index contributed by atoms with van der Waals surface area (Å²) in [7, 11) is 0. The van der Waals surface area contributed by atoms with E-state index in [-0.39, 0.29) is 0 Å². The maximum Gasteiger partial charge on any atom is 0.120 e. The smallest absolute Gasteiger partial charge is 0.120 e. The zero-order valence-electron chi connectivity index (χ0n) is 12.6. The molecule has 0 saturated carbocycles. The van der Waals surface area contributed by atoms with Crippen molar-refractivity contribution in [2.24, 2.45) is 0 Å². The molecular formula is C19H21NO2. The van der Waals surface area contributed by atoms with Crippen molar-refractivity contribution in [1.82, 2.24) is 5.32 Å². The van der Waals surface area contributed by atoms with Gasteiger partial charge in [-0.05, 0) is 48.2 Å². The average Bonchev–Trinajstić information content (AvgIpc) is 2.60. The van der Waals surface area contributed by atoms with E-state index in [0.29, 0.717) is 25.4 Å². The van der Waals surface area contributed by atoms with Crippen molar-refractivity contribution in [1.29, 1.82) is 0 Å². The standard InChI is InChI=1S/C19H21NO2/c1-2-5-14(6-3-1)12-21-16-8-9-17-15(11-16)13-22-18-7-4-10-20-19(17)18/h1-3,5-6,8-9,11,18-20H,4,7,10,12-13H2/t18-,19-/m0/s1. The van der Waals surface area contributed by atoms with Crippen LogP contribution in [-0.4, -0.2) is 12.6 Å². The maximum absolute atomic E-state index is 6.01. The fourth-order valence-corrected chi connectivity index (χ4v) is 3.39. The molecule has 2 aliphatic rings. The van der Waals surface area contributed by atoms with Gasteiger partial charge in [0.1, 0.15) is 12.4 Å². The van der Waals surface area contributed by atoms with Crippen molar-refractivity contribution < 1.29 is 9.47 Å². The predicted octanol–water partition coefficient (Wildman–Crippen LogP) is 3.59. The minimum absolute atomic E-state index is 0.331. The van der Waals surface area contributed by atoms with Gasteiger partial charge in [-0.1, -0.05) is 36.4 Å². The first-order valence-corrected chi connectivity index (χ1v) is 8.05. The first-order valence-electron chi connectivity index (χ1n) is 8.05. The molecule has 0 radical (unpaired) electrons. The number of hydrogen-bond acceptors (Lipinski definition) is 3. The van der Waals surface area contributed by atoms with Crippen LogP contribution in [0.5, 0.6) is 5.75 Å². The van der Waals surface area contributed by atoms with Crippen molar-refractivity contribution >= 4 is 0 Å². The highest BCUT2D eigenvalue weighted by Crippen LogP contribution is 2.35. The molecule has 2 aliphatic heterocycles. The summed E-state index contributed by atoms with van der Waals surface area (Å²) >= 11 is 0. The SMILES string of the molecule is c1ccc(COc2ccc3c(c2)CO[C@H]2CCCN[C@@H]32)cc1. The van der Waals surface area contributed by atoms with Gasteiger partial charge in [-0.15, -0.1) is 0 Å². The third-order valence-electron chi connectivity index (χ3n) is 4.55. The highest BCUT2D eigenvalue weighted by molar-refractivity contribution is 5.39. The minimum Gasteiger partial charge on any atom is -0.489 e. The molecule has 3 heteroatoms. The van der Waals surface area contributed by atoms with Crippen LogP contribution in [-0.2, 0) is 18.0 Å². The van der Waals surface area contributed by atoms with E-state index in [2.05, 4.69) is 35.6 Å². The molecule has 0 amide bonds. The van der Waals surface area contributed by atoms with Gasteiger partial charge in [0.2, 0.25) is 0 Å². The summed E-state index contributed by atoms with van der Waals surface area (Å²) < 4.78 is 11.9. The summed E-state index contributed by atoms with van der Waals surface area (Å²) in [6.45, 7) is 2.38. The van der Waals surface area contributed by atoms with Gasteiger partial charge >= 0.3 is 0 Å². The van der Waals surface area contributed by atoms with Crippen LogP contribution in [0, 0.1) is 0 Å². The molecule has 0 unspecified atom stereocenters. The molecule has 1 N–H and O–H groups in total. The lowest BCUT2D eigenvalue weighted by Gasteiger charge is -2.37. The molecule has 0 bridgehead atoms. The molecule has 1 fully saturated rings. The van der Waals surface area contributed by atoms with Crippen molar-refractivity contribution in [3.63, 3.8) is 0 Å². The second-order valence-corrected chi connectivity index (χ2v) is 6.06. The molecule has 114 valence electrons. The number of ether oxygens (including phenoxy) is 2. The van der Waals surface area contributed by atoms with Crippen LogP contribution in [0.1, 0.15) is 35.6 Å². The Morgan fingerprint density at radius 1 is 1.14 bits per heavy atom. The second-order valence-electron chi connectivity index (χ2n) is 6.06. The molecule has 1 saturated heterocycles. The third-order valence-corrected chi connectivity index (χ3v) is 4.55. The Morgan fingerprint density at radius 2 is 2.05 bits per heavy atom. The van der Waals surface area contributed by atoms with Gasteiger partial charge < -0.3 is 14.8 Å². The number of piperidine rings is 1. The van der Waals surface area contributed by atoms with Gasteiger partial charge in [0, 0.05) is 0 Å². The Morgan fingerprint density at radius 3 is 2.95 bits per heavy atom. The van der Waals surface area contributed by atoms with E-state index in [4.69, 9.17) is 9.47 Å². The number of nitrogens with one attached hydrogen (secondary N) is 1. The molecular weight excluding hydrogens is 274 g/mol. The lowest BCUT2D eigenvalue weighted by Crippen LogP contribution is -2.42. The summed E-state index contributed by atoms with van der Waals surface area (Å²) in [6, 6.07) is 17.0. The number of fused-ring (bicyclic) bond motifs is 3. The van der Waals surface area contributed by atoms with Gasteiger partial charge in [-0.3, -0.25) is 0 Å². The summed E-state index contributed by atoms with van der Waals surface area (Å²) in [5.41, 5.74) is 3.81. The largest absolute Gasteiger partial charge is 0.489 e. The van der Waals surface area contributed by atoms with E-state index in [9.17, 15) is 0 Å². The quantitative estimate of drug-likeness (QED) is 0.938. The molecule has 2 heterocycles. The topological polar surface area (TPSA) is 30.5 Å². The Labute approximate surface area is 131 Å². The lowest BCUT2D eigenvalue weighted by molar-refractivity contribution is -0.0178. The van der Waals surface area contributed by atoms with Crippen LogP contribution in [0.15, 0.2) is 48.5 Å². The maximum atomic E-state index is 6.01. The van der Waals surface area contributed by atoms with Gasteiger partial charge in [0.25, 0.3) is 0 Å². The average molecular weight is 295 g/mol. The van der Waals surface area contributed by atoms with Gasteiger partial charge in [-0.25, -0.2) is 0 Å². The monoisotopic (exact) mass is 295 g/mol. The molecule has 3 nitrogen and oxygen atoms in total. The molecule has 2 aromatic carbocycles. The Hall–Kier alpha value is -1.84. The lowest BCUT2D eigenvalue weighted by atomic mass is 9.89. The summed E-state index contributed by atoms with van der Waals surface area (Å²) in [5, 5.41) is 3.59. The van der Waals surface area contributed by atoms with Crippen molar-refractivity contribution in [2.45, 2.75) is 38.2 Å². The molecule has 2 atom stereocenters. The van der Waals surface area contributed by atoms with E-state index in [1.54, 1.807) is 0 Å². The molecule has 0 aliphatic carbocycles. The van der Waals surface area contributed by atoms with E-state index in [1.165, 1.54) is 23.1 Å². The Balaban J connectivity index is 1.50. The Bertz CT molecular complexity index is 641. The first-order chi connectivity index (χ1) is 10.9. The first kappa shape index (κ1) is 13.8. The van der Waals surface area contributed by atoms with Crippen LogP contribution in [0.25, 0.3) is 0 Å². The van der Waals surface area contributed by atoms with E-state index in [0.717, 1.165) is 18.7 Å². The van der Waals surface area contributed by atoms with Crippen LogP contribution in [0.4, 0.5) is 0 Å². The zero-order chi connectivity index (χ0) is 14.8. The fourth-order valence-electron chi connectivity index (χ4n) is 3.39. The number of rotatable bonds is 3. The summed E-state index contributed by atoms with van der Waals surface area (Å²) in [6.07, 6.45) is 2.69. The van der Waals surface area contributed by atoms with Crippen LogP contribution >= 0.6 is 0 Å². The van der Waals surface area contributed by atoms with E-state index < -0.39 is 0 Å². The van der Waals surface area contributed by atoms with Crippen molar-refractivity contribution in [3.05, 3.63) is 65.2 Å². The Kier molecular flexibility index (Phi) is 3.83. The molecule has 0 aromatic heterocycles. The second kappa shape index (κ2) is 6.11. The van der Waals surface area contributed by atoms with Crippen LogP contribution in [0.2, 0.25) is 0 Å². The summed E-state index contributed by atoms with van der Waals surface area (Å²) in [5.74, 6) is 0.917. The normalized spacial score (nSPS) is 23.5. The minimum atomic E-state index is 0.331. The zero-order valence-corrected chi connectivity index (χ0v) is 12.6. The van der Waals surface area contributed by atoms with E-state index in [1.807, 2.05) is 18.2 Å². The van der Waals surface area contributed by atoms with Crippen LogP contribution < -0.4 is 10.1 Å². The van der Waals surface area contributed by atoms with Crippen molar-refractivity contribution in [3.8, 4) is 5.75 Å². The molecule has 0 spiro atoms. The van der Waals surface area contributed by atoms with Gasteiger partial charge in [0.05, 0.1) is 18.8 Å². The highest BCUT2D eigenvalue weighted by Gasteiger charge is 2.32. The van der Waals surface area contributed by atoms with Crippen molar-refractivity contribution in [2.75, 3.05) is 6.54 Å². The molecule has 4 rings (SSSR count). The number of benzene rings is 2. The fraction of sp³-hybridized carbons (Fsp3) is 0.368. The van der Waals surface area contributed by atoms with Crippen LogP contribution in [0.3, 0.4) is 0 Å². The van der Waals surface area contributed by atoms with E-state index >= 15 is 0 Å². The molecule has 2 aromatic rings. The third kappa shape index (κ3) is 2.74. The highest BCUT2D eigenvalue weighted by atomic mass is 16.5. The molecule has 22 heavy (non-hydrogen) atoms. The van der Waals surface area contributed by atoms with Gasteiger partial charge in [-0.2, -0.15) is 0 Å². The summed E-state index contributed by atoms with van der Waals surface area (Å²) in [4.78, 5) is 0. The number of hydrogen-bond donors (Lipinski definition) is 1. The predicted molar refractivity (Wildman–Crippen MR) is 85.8 cm³/mol. The van der Waals surface area contributed by atoms with Gasteiger partial charge in [0.15, 0.2) is 0 Å².